The van der Waals surface area contributed by atoms with Gasteiger partial charge in [0.2, 0.25) is 0 Å². The predicted octanol–water partition coefficient (Wildman–Crippen LogP) is 2.48. The molecule has 0 saturated heterocycles. The first kappa shape index (κ1) is 24.5. The van der Waals surface area contributed by atoms with Crippen molar-refractivity contribution in [3.8, 4) is 0 Å². The van der Waals surface area contributed by atoms with Crippen LogP contribution in [0, 0.1) is 0 Å². The molecule has 2 aromatic heterocycles. The van der Waals surface area contributed by atoms with E-state index in [0.29, 0.717) is 24.3 Å². The number of rotatable bonds is 5. The Morgan fingerprint density at radius 1 is 1.32 bits per heavy atom. The molecule has 3 heterocycles. The Morgan fingerprint density at radius 2 is 2.03 bits per heavy atom. The van der Waals surface area contributed by atoms with Gasteiger partial charge >= 0.3 is 12.1 Å². The third-order valence-electron chi connectivity index (χ3n) is 4.36. The van der Waals surface area contributed by atoms with Crippen LogP contribution in [-0.2, 0) is 24.4 Å². The highest BCUT2D eigenvalue weighted by Crippen LogP contribution is 2.13. The maximum Gasteiger partial charge on any atom is 0.490 e. The van der Waals surface area contributed by atoms with Crippen molar-refractivity contribution in [3.63, 3.8) is 0 Å². The summed E-state index contributed by atoms with van der Waals surface area (Å²) >= 11 is 1.48. The van der Waals surface area contributed by atoms with Crippen LogP contribution in [0.4, 0.5) is 13.2 Å². The molecule has 0 fully saturated rings. The number of fused-ring (bicyclic) bond motifs is 1. The Hall–Kier alpha value is -2.73. The van der Waals surface area contributed by atoms with Crippen LogP contribution in [0.2, 0.25) is 0 Å². The molecule has 0 aromatic carbocycles. The fourth-order valence-electron chi connectivity index (χ4n) is 2.96. The van der Waals surface area contributed by atoms with E-state index in [1.807, 2.05) is 5.38 Å². The number of nitrogens with zero attached hydrogens (tertiary/aromatic N) is 3. The summed E-state index contributed by atoms with van der Waals surface area (Å²) in [6, 6.07) is 3.31. The van der Waals surface area contributed by atoms with E-state index in [0.717, 1.165) is 31.8 Å². The normalized spacial score (nSPS) is 14.1. The van der Waals surface area contributed by atoms with Gasteiger partial charge in [0.15, 0.2) is 0 Å². The minimum Gasteiger partial charge on any atom is -0.475 e. The molecule has 8 nitrogen and oxygen atoms in total. The molecule has 1 aliphatic rings. The minimum absolute atomic E-state index is 0.0295. The number of carbonyl (C=O) groups excluding carboxylic acids is 1. The zero-order chi connectivity index (χ0) is 23.0. The van der Waals surface area contributed by atoms with E-state index >= 15 is 0 Å². The van der Waals surface area contributed by atoms with Gasteiger partial charge in [0.25, 0.3) is 11.5 Å². The molecular formula is C19H23F3N4O4S. The smallest absolute Gasteiger partial charge is 0.475 e. The van der Waals surface area contributed by atoms with E-state index in [1.165, 1.54) is 17.4 Å². The van der Waals surface area contributed by atoms with Crippen molar-refractivity contribution in [2.75, 3.05) is 13.1 Å². The van der Waals surface area contributed by atoms with Gasteiger partial charge < -0.3 is 10.4 Å². The van der Waals surface area contributed by atoms with Crippen molar-refractivity contribution in [2.24, 2.45) is 0 Å². The third-order valence-corrected chi connectivity index (χ3v) is 5.04. The molecule has 0 saturated carbocycles. The molecule has 0 spiro atoms. The number of alkyl halides is 3. The number of amides is 1. The summed E-state index contributed by atoms with van der Waals surface area (Å²) in [6.07, 6.45) is -3.04. The predicted molar refractivity (Wildman–Crippen MR) is 108 cm³/mol. The number of aromatic nitrogens is 2. The number of nitrogens with one attached hydrogen (secondary N) is 1. The number of carboxylic acids is 1. The highest BCUT2D eigenvalue weighted by Gasteiger charge is 2.38. The van der Waals surface area contributed by atoms with Crippen LogP contribution in [0.25, 0.3) is 0 Å². The minimum atomic E-state index is -5.08. The molecular weight excluding hydrogens is 437 g/mol. The van der Waals surface area contributed by atoms with E-state index in [1.54, 1.807) is 16.0 Å². The quantitative estimate of drug-likeness (QED) is 0.711. The highest BCUT2D eigenvalue weighted by atomic mass is 32.1. The van der Waals surface area contributed by atoms with Crippen LogP contribution >= 0.6 is 11.3 Å². The van der Waals surface area contributed by atoms with Crippen LogP contribution < -0.4 is 10.9 Å². The largest absolute Gasteiger partial charge is 0.490 e. The fourth-order valence-corrected chi connectivity index (χ4v) is 3.60. The first-order valence-corrected chi connectivity index (χ1v) is 10.5. The van der Waals surface area contributed by atoms with Gasteiger partial charge in [0.05, 0.1) is 18.8 Å². The number of halogens is 3. The zero-order valence-electron chi connectivity index (χ0n) is 16.8. The number of carboxylic acid groups (broad SMARTS) is 1. The number of thiophene rings is 1. The van der Waals surface area contributed by atoms with Crippen LogP contribution in [0.3, 0.4) is 0 Å². The van der Waals surface area contributed by atoms with E-state index < -0.39 is 12.1 Å². The van der Waals surface area contributed by atoms with Crippen molar-refractivity contribution in [1.82, 2.24) is 19.8 Å². The Morgan fingerprint density at radius 3 is 2.61 bits per heavy atom. The molecule has 0 unspecified atom stereocenters. The number of hydrogen-bond acceptors (Lipinski definition) is 6. The van der Waals surface area contributed by atoms with Crippen LogP contribution in [0.5, 0.6) is 0 Å². The third kappa shape index (κ3) is 7.47. The molecule has 2 N–H and O–H groups in total. The van der Waals surface area contributed by atoms with Gasteiger partial charge in [-0.1, -0.05) is 6.92 Å². The zero-order valence-corrected chi connectivity index (χ0v) is 17.6. The van der Waals surface area contributed by atoms with Gasteiger partial charge in [-0.25, -0.2) is 9.78 Å². The van der Waals surface area contributed by atoms with E-state index in [4.69, 9.17) is 9.90 Å². The molecule has 0 aliphatic carbocycles. The van der Waals surface area contributed by atoms with Gasteiger partial charge in [-0.3, -0.25) is 19.1 Å². The lowest BCUT2D eigenvalue weighted by atomic mass is 10.3. The fraction of sp³-hybridized carbons (Fsp3) is 0.474. The standard InChI is InChI=1S/C17H22N4O2S.C2HF3O2/c1-2-5-20-6-3-7-21-15(11-20)19-14(9-16(21)22)10-18-17(23)13-4-8-24-12-13;3-2(4,5)1(6)7/h4,8-9,12H,2-3,5-7,10-11H2,1H3,(H,18,23);(H,6,7). The number of hydrogen-bond donors (Lipinski definition) is 2. The van der Waals surface area contributed by atoms with Crippen molar-refractivity contribution in [3.05, 3.63) is 50.3 Å². The van der Waals surface area contributed by atoms with E-state index in [-0.39, 0.29) is 18.0 Å². The van der Waals surface area contributed by atoms with Crippen molar-refractivity contribution in [1.29, 1.82) is 0 Å². The van der Waals surface area contributed by atoms with Crippen molar-refractivity contribution in [2.45, 2.75) is 45.6 Å². The average Bonchev–Trinajstić information content (AvgIpc) is 3.15. The van der Waals surface area contributed by atoms with Gasteiger partial charge in [0, 0.05) is 30.1 Å². The molecule has 12 heteroatoms. The summed E-state index contributed by atoms with van der Waals surface area (Å²) in [4.78, 5) is 40.2. The molecule has 0 atom stereocenters. The van der Waals surface area contributed by atoms with Gasteiger partial charge in [0.1, 0.15) is 5.82 Å². The van der Waals surface area contributed by atoms with Crippen LogP contribution in [-0.4, -0.2) is 50.7 Å². The average molecular weight is 460 g/mol. The van der Waals surface area contributed by atoms with E-state index in [2.05, 4.69) is 22.1 Å². The summed E-state index contributed by atoms with van der Waals surface area (Å²) in [5.74, 6) is -2.10. The second-order valence-corrected chi connectivity index (χ2v) is 7.56. The lowest BCUT2D eigenvalue weighted by molar-refractivity contribution is -0.192. The molecule has 170 valence electrons. The first-order chi connectivity index (χ1) is 14.6. The summed E-state index contributed by atoms with van der Waals surface area (Å²) in [5, 5.41) is 13.6. The van der Waals surface area contributed by atoms with Crippen molar-refractivity contribution < 1.29 is 27.9 Å². The Kier molecular flexibility index (Phi) is 8.75. The van der Waals surface area contributed by atoms with Gasteiger partial charge in [-0.05, 0) is 30.8 Å². The second kappa shape index (κ2) is 11.0. The molecule has 31 heavy (non-hydrogen) atoms. The molecule has 3 rings (SSSR count). The summed E-state index contributed by atoms with van der Waals surface area (Å²) in [6.45, 7) is 5.82. The van der Waals surface area contributed by atoms with Crippen LogP contribution in [0.15, 0.2) is 27.7 Å². The molecule has 0 bridgehead atoms. The monoisotopic (exact) mass is 460 g/mol. The SMILES string of the molecule is CCCN1CCCn2c(nc(CNC(=O)c3ccsc3)cc2=O)C1.O=C(O)C(F)(F)F. The summed E-state index contributed by atoms with van der Waals surface area (Å²) in [7, 11) is 0. The Bertz CT molecular complexity index is 945. The lowest BCUT2D eigenvalue weighted by Gasteiger charge is -2.18. The Balaban J connectivity index is 0.000000423. The molecule has 0 radical (unpaired) electrons. The maximum atomic E-state index is 12.4. The van der Waals surface area contributed by atoms with E-state index in [9.17, 15) is 22.8 Å². The summed E-state index contributed by atoms with van der Waals surface area (Å²) < 4.78 is 33.5. The molecule has 1 amide bonds. The topological polar surface area (TPSA) is 105 Å². The molecule has 1 aliphatic heterocycles. The van der Waals surface area contributed by atoms with Gasteiger partial charge in [-0.2, -0.15) is 24.5 Å². The number of aliphatic carboxylic acids is 1. The maximum absolute atomic E-state index is 12.4. The lowest BCUT2D eigenvalue weighted by Crippen LogP contribution is -2.30. The van der Waals surface area contributed by atoms with Crippen molar-refractivity contribution >= 4 is 23.2 Å². The van der Waals surface area contributed by atoms with Gasteiger partial charge in [-0.15, -0.1) is 0 Å². The molecule has 2 aromatic rings. The second-order valence-electron chi connectivity index (χ2n) is 6.78. The highest BCUT2D eigenvalue weighted by molar-refractivity contribution is 7.08. The first-order valence-electron chi connectivity index (χ1n) is 9.54. The number of carbonyl (C=O) groups is 2. The Labute approximate surface area is 180 Å². The summed E-state index contributed by atoms with van der Waals surface area (Å²) in [5.41, 5.74) is 1.23. The van der Waals surface area contributed by atoms with Crippen LogP contribution in [0.1, 0.15) is 41.6 Å².